The summed E-state index contributed by atoms with van der Waals surface area (Å²) in [6.07, 6.45) is 0. The van der Waals surface area contributed by atoms with E-state index in [1.165, 1.54) is 19.2 Å². The summed E-state index contributed by atoms with van der Waals surface area (Å²) in [7, 11) is -2.04. The van der Waals surface area contributed by atoms with Crippen molar-refractivity contribution in [2.24, 2.45) is 0 Å². The molecule has 7 nitrogen and oxygen atoms in total. The highest BCUT2D eigenvalue weighted by atomic mass is 32.2. The van der Waals surface area contributed by atoms with Crippen LogP contribution in [0.1, 0.15) is 5.56 Å². The Hall–Kier alpha value is -2.88. The number of sulfonamides is 1. The van der Waals surface area contributed by atoms with Gasteiger partial charge in [-0.15, -0.1) is 10.2 Å². The first-order valence-electron chi connectivity index (χ1n) is 8.89. The Kier molecular flexibility index (Phi) is 6.86. The fourth-order valence-electron chi connectivity index (χ4n) is 2.54. The number of nitrogens with zero attached hydrogens (tertiary/aromatic N) is 2. The van der Waals surface area contributed by atoms with E-state index in [1.54, 1.807) is 48.5 Å². The van der Waals surface area contributed by atoms with E-state index in [9.17, 15) is 12.8 Å². The van der Waals surface area contributed by atoms with Gasteiger partial charge in [-0.05, 0) is 54.1 Å². The lowest BCUT2D eigenvalue weighted by atomic mass is 10.1. The number of ether oxygens (including phenoxy) is 1. The molecule has 29 heavy (non-hydrogen) atoms. The standard InChI is InChI=1S/C20H21FN4O3S/c1-28-13-12-23-29(26,27)18-8-2-15(3-9-18)14-22-20-11-10-19(24-25-20)16-4-6-17(21)7-5-16/h2-11,23H,12-14H2,1H3,(H,22,25). The van der Waals surface area contributed by atoms with Crippen LogP contribution in [0.4, 0.5) is 10.2 Å². The van der Waals surface area contributed by atoms with Crippen LogP contribution in [-0.2, 0) is 21.3 Å². The third-order valence-electron chi connectivity index (χ3n) is 4.11. The molecule has 0 aliphatic rings. The van der Waals surface area contributed by atoms with Gasteiger partial charge in [0, 0.05) is 25.8 Å². The van der Waals surface area contributed by atoms with Crippen LogP contribution in [0.25, 0.3) is 11.3 Å². The van der Waals surface area contributed by atoms with E-state index in [2.05, 4.69) is 20.2 Å². The summed E-state index contributed by atoms with van der Waals surface area (Å²) >= 11 is 0. The molecule has 152 valence electrons. The lowest BCUT2D eigenvalue weighted by Gasteiger charge is -2.09. The minimum atomic E-state index is -3.55. The molecule has 3 aromatic rings. The van der Waals surface area contributed by atoms with Crippen LogP contribution in [0, 0.1) is 5.82 Å². The first-order chi connectivity index (χ1) is 14.0. The van der Waals surface area contributed by atoms with Gasteiger partial charge in [0.1, 0.15) is 11.6 Å². The summed E-state index contributed by atoms with van der Waals surface area (Å²) in [6, 6.07) is 16.2. The van der Waals surface area contributed by atoms with Gasteiger partial charge in [-0.3, -0.25) is 0 Å². The Labute approximate surface area is 169 Å². The predicted octanol–water partition coefficient (Wildman–Crippen LogP) is 2.82. The second-order valence-corrected chi connectivity index (χ2v) is 7.97. The van der Waals surface area contributed by atoms with Crippen LogP contribution < -0.4 is 10.0 Å². The highest BCUT2D eigenvalue weighted by Gasteiger charge is 2.12. The number of rotatable bonds is 9. The zero-order valence-corrected chi connectivity index (χ0v) is 16.6. The van der Waals surface area contributed by atoms with Gasteiger partial charge < -0.3 is 10.1 Å². The van der Waals surface area contributed by atoms with E-state index in [1.807, 2.05) is 0 Å². The average Bonchev–Trinajstić information content (AvgIpc) is 2.74. The minimum absolute atomic E-state index is 0.195. The van der Waals surface area contributed by atoms with Crippen molar-refractivity contribution < 1.29 is 17.5 Å². The van der Waals surface area contributed by atoms with Crippen molar-refractivity contribution in [1.82, 2.24) is 14.9 Å². The molecule has 0 saturated carbocycles. The smallest absolute Gasteiger partial charge is 0.240 e. The molecule has 0 fully saturated rings. The average molecular weight is 416 g/mol. The van der Waals surface area contributed by atoms with Crippen LogP contribution in [0.3, 0.4) is 0 Å². The monoisotopic (exact) mass is 416 g/mol. The quantitative estimate of drug-likeness (QED) is 0.521. The molecule has 1 heterocycles. The molecular weight excluding hydrogens is 395 g/mol. The van der Waals surface area contributed by atoms with Crippen molar-refractivity contribution in [3.8, 4) is 11.3 Å². The summed E-state index contributed by atoms with van der Waals surface area (Å²) in [5, 5.41) is 11.4. The number of hydrogen-bond donors (Lipinski definition) is 2. The van der Waals surface area contributed by atoms with Crippen molar-refractivity contribution in [2.75, 3.05) is 25.6 Å². The Morgan fingerprint density at radius 3 is 2.31 bits per heavy atom. The van der Waals surface area contributed by atoms with Crippen LogP contribution in [-0.4, -0.2) is 38.9 Å². The fraction of sp³-hybridized carbons (Fsp3) is 0.200. The van der Waals surface area contributed by atoms with Gasteiger partial charge in [0.25, 0.3) is 0 Å². The number of halogens is 1. The van der Waals surface area contributed by atoms with E-state index < -0.39 is 10.0 Å². The zero-order chi connectivity index (χ0) is 20.7. The lowest BCUT2D eigenvalue weighted by molar-refractivity contribution is 0.204. The SMILES string of the molecule is COCCNS(=O)(=O)c1ccc(CNc2ccc(-c3ccc(F)cc3)nn2)cc1. The first kappa shape index (κ1) is 20.8. The molecule has 0 atom stereocenters. The number of benzene rings is 2. The van der Waals surface area contributed by atoms with Gasteiger partial charge in [-0.25, -0.2) is 17.5 Å². The Morgan fingerprint density at radius 1 is 0.966 bits per heavy atom. The van der Waals surface area contributed by atoms with Gasteiger partial charge in [0.2, 0.25) is 10.0 Å². The molecule has 0 radical (unpaired) electrons. The van der Waals surface area contributed by atoms with Crippen LogP contribution in [0.5, 0.6) is 0 Å². The number of anilines is 1. The highest BCUT2D eigenvalue weighted by molar-refractivity contribution is 7.89. The second-order valence-electron chi connectivity index (χ2n) is 6.20. The summed E-state index contributed by atoms with van der Waals surface area (Å²) in [5.41, 5.74) is 2.32. The Morgan fingerprint density at radius 2 is 1.69 bits per heavy atom. The topological polar surface area (TPSA) is 93.2 Å². The second kappa shape index (κ2) is 9.55. The zero-order valence-electron chi connectivity index (χ0n) is 15.8. The van der Waals surface area contributed by atoms with Gasteiger partial charge in [0.15, 0.2) is 0 Å². The van der Waals surface area contributed by atoms with Crippen molar-refractivity contribution in [3.63, 3.8) is 0 Å². The Balaban J connectivity index is 1.58. The summed E-state index contributed by atoms with van der Waals surface area (Å²) < 4.78 is 44.6. The maximum Gasteiger partial charge on any atom is 0.240 e. The predicted molar refractivity (Wildman–Crippen MR) is 108 cm³/mol. The van der Waals surface area contributed by atoms with E-state index >= 15 is 0 Å². The summed E-state index contributed by atoms with van der Waals surface area (Å²) in [5.74, 6) is 0.276. The molecule has 0 unspecified atom stereocenters. The molecule has 0 amide bonds. The van der Waals surface area contributed by atoms with Crippen molar-refractivity contribution >= 4 is 15.8 Å². The molecule has 0 spiro atoms. The first-order valence-corrected chi connectivity index (χ1v) is 10.4. The third kappa shape index (κ3) is 5.80. The molecule has 0 aliphatic carbocycles. The molecule has 1 aromatic heterocycles. The Bertz CT molecular complexity index is 1020. The van der Waals surface area contributed by atoms with Crippen LogP contribution in [0.2, 0.25) is 0 Å². The van der Waals surface area contributed by atoms with Gasteiger partial charge in [-0.1, -0.05) is 12.1 Å². The highest BCUT2D eigenvalue weighted by Crippen LogP contribution is 2.18. The molecular formula is C20H21FN4O3S. The molecule has 0 bridgehead atoms. The largest absolute Gasteiger partial charge is 0.383 e. The van der Waals surface area contributed by atoms with E-state index in [0.717, 1.165) is 11.1 Å². The van der Waals surface area contributed by atoms with Crippen LogP contribution in [0.15, 0.2) is 65.6 Å². The van der Waals surface area contributed by atoms with Crippen molar-refractivity contribution in [2.45, 2.75) is 11.4 Å². The normalized spacial score (nSPS) is 11.4. The van der Waals surface area contributed by atoms with E-state index in [4.69, 9.17) is 4.74 Å². The maximum atomic E-state index is 13.0. The van der Waals surface area contributed by atoms with Crippen LogP contribution >= 0.6 is 0 Å². The molecule has 2 N–H and O–H groups in total. The van der Waals surface area contributed by atoms with Crippen molar-refractivity contribution in [1.29, 1.82) is 0 Å². The van der Waals surface area contributed by atoms with Gasteiger partial charge in [0.05, 0.1) is 17.2 Å². The van der Waals surface area contributed by atoms with Gasteiger partial charge >= 0.3 is 0 Å². The summed E-state index contributed by atoms with van der Waals surface area (Å²) in [4.78, 5) is 0.195. The minimum Gasteiger partial charge on any atom is -0.383 e. The van der Waals surface area contributed by atoms with Crippen molar-refractivity contribution in [3.05, 3.63) is 72.0 Å². The number of nitrogens with one attached hydrogen (secondary N) is 2. The molecule has 9 heteroatoms. The fourth-order valence-corrected chi connectivity index (χ4v) is 3.55. The molecule has 0 aliphatic heterocycles. The molecule has 3 rings (SSSR count). The number of methoxy groups -OCH3 is 1. The number of hydrogen-bond acceptors (Lipinski definition) is 6. The molecule has 2 aromatic carbocycles. The van der Waals surface area contributed by atoms with E-state index in [-0.39, 0.29) is 17.3 Å². The maximum absolute atomic E-state index is 13.0. The summed E-state index contributed by atoms with van der Waals surface area (Å²) in [6.45, 7) is 0.985. The molecule has 0 saturated heterocycles. The van der Waals surface area contributed by atoms with E-state index in [0.29, 0.717) is 24.7 Å². The number of aromatic nitrogens is 2. The lowest BCUT2D eigenvalue weighted by Crippen LogP contribution is -2.27. The van der Waals surface area contributed by atoms with Gasteiger partial charge in [-0.2, -0.15) is 0 Å². The third-order valence-corrected chi connectivity index (χ3v) is 5.59.